The Hall–Kier alpha value is -1.67. The van der Waals surface area contributed by atoms with Gasteiger partial charge in [-0.25, -0.2) is 4.39 Å². The molecule has 0 aliphatic heterocycles. The van der Waals surface area contributed by atoms with Crippen LogP contribution in [-0.2, 0) is 0 Å². The van der Waals surface area contributed by atoms with Crippen molar-refractivity contribution in [1.29, 1.82) is 0 Å². The van der Waals surface area contributed by atoms with Crippen molar-refractivity contribution in [2.75, 3.05) is 0 Å². The minimum absolute atomic E-state index is 0.332. The molecule has 1 aliphatic carbocycles. The molecule has 0 heterocycles. The van der Waals surface area contributed by atoms with Crippen molar-refractivity contribution in [2.45, 2.75) is 38.2 Å². The second-order valence-corrected chi connectivity index (χ2v) is 5.68. The number of rotatable bonds is 3. The summed E-state index contributed by atoms with van der Waals surface area (Å²) in [6.45, 7) is 1.85. The van der Waals surface area contributed by atoms with Crippen LogP contribution in [0.4, 0.5) is 4.39 Å². The molecule has 1 aliphatic rings. The van der Waals surface area contributed by atoms with Gasteiger partial charge in [-0.3, -0.25) is 0 Å². The lowest BCUT2D eigenvalue weighted by atomic mass is 9.77. The van der Waals surface area contributed by atoms with Gasteiger partial charge in [-0.2, -0.15) is 0 Å². The van der Waals surface area contributed by atoms with E-state index in [9.17, 15) is 9.50 Å². The summed E-state index contributed by atoms with van der Waals surface area (Å²) in [5.74, 6) is 0.190. The molecule has 0 radical (unpaired) electrons. The maximum absolute atomic E-state index is 14.1. The highest BCUT2D eigenvalue weighted by atomic mass is 19.1. The van der Waals surface area contributed by atoms with Crippen LogP contribution in [0.5, 0.6) is 0 Å². The summed E-state index contributed by atoms with van der Waals surface area (Å²) in [6.07, 6.45) is 2.70. The largest absolute Gasteiger partial charge is 0.384 e. The molecule has 1 atom stereocenters. The van der Waals surface area contributed by atoms with Gasteiger partial charge in [0.15, 0.2) is 0 Å². The molecular weight excluding hydrogens is 251 g/mol. The first kappa shape index (κ1) is 13.3. The van der Waals surface area contributed by atoms with Gasteiger partial charge >= 0.3 is 0 Å². The third kappa shape index (κ3) is 2.36. The van der Waals surface area contributed by atoms with E-state index in [1.54, 1.807) is 6.07 Å². The van der Waals surface area contributed by atoms with Gasteiger partial charge in [-0.05, 0) is 48.4 Å². The first-order chi connectivity index (χ1) is 9.66. The van der Waals surface area contributed by atoms with E-state index in [-0.39, 0.29) is 5.82 Å². The minimum Gasteiger partial charge on any atom is -0.384 e. The SMILES string of the molecule is Cc1ccc(C(O)c2ccccc2C2CCC2)c(F)c1. The molecule has 1 saturated carbocycles. The molecule has 0 saturated heterocycles. The number of halogens is 1. The van der Waals surface area contributed by atoms with E-state index in [4.69, 9.17) is 0 Å². The molecular formula is C18H19FO. The Balaban J connectivity index is 1.99. The Morgan fingerprint density at radius 3 is 2.50 bits per heavy atom. The number of aliphatic hydroxyl groups is 1. The van der Waals surface area contributed by atoms with E-state index in [0.29, 0.717) is 11.5 Å². The van der Waals surface area contributed by atoms with Gasteiger partial charge in [-0.1, -0.05) is 42.8 Å². The monoisotopic (exact) mass is 270 g/mol. The zero-order chi connectivity index (χ0) is 14.1. The topological polar surface area (TPSA) is 20.2 Å². The van der Waals surface area contributed by atoms with Gasteiger partial charge in [0.2, 0.25) is 0 Å². The number of aryl methyl sites for hydroxylation is 1. The fourth-order valence-electron chi connectivity index (χ4n) is 2.87. The smallest absolute Gasteiger partial charge is 0.129 e. The van der Waals surface area contributed by atoms with Crippen LogP contribution in [0.15, 0.2) is 42.5 Å². The lowest BCUT2D eigenvalue weighted by Gasteiger charge is -2.29. The predicted molar refractivity (Wildman–Crippen MR) is 78.2 cm³/mol. The highest BCUT2D eigenvalue weighted by molar-refractivity contribution is 5.39. The van der Waals surface area contributed by atoms with Crippen LogP contribution in [0, 0.1) is 12.7 Å². The second-order valence-electron chi connectivity index (χ2n) is 5.68. The van der Waals surface area contributed by atoms with E-state index < -0.39 is 6.10 Å². The van der Waals surface area contributed by atoms with Crippen molar-refractivity contribution in [3.8, 4) is 0 Å². The normalized spacial score (nSPS) is 16.8. The quantitative estimate of drug-likeness (QED) is 0.871. The van der Waals surface area contributed by atoms with Crippen LogP contribution in [0.3, 0.4) is 0 Å². The average Bonchev–Trinajstić information content (AvgIpc) is 2.37. The van der Waals surface area contributed by atoms with Crippen molar-refractivity contribution in [3.05, 3.63) is 70.5 Å². The summed E-state index contributed by atoms with van der Waals surface area (Å²) in [5.41, 5.74) is 3.25. The third-order valence-electron chi connectivity index (χ3n) is 4.29. The molecule has 2 aromatic rings. The molecule has 2 aromatic carbocycles. The Morgan fingerprint density at radius 1 is 1.10 bits per heavy atom. The third-order valence-corrected chi connectivity index (χ3v) is 4.29. The molecule has 0 spiro atoms. The Bertz CT molecular complexity index is 617. The van der Waals surface area contributed by atoms with Crippen molar-refractivity contribution < 1.29 is 9.50 Å². The van der Waals surface area contributed by atoms with Crippen molar-refractivity contribution in [3.63, 3.8) is 0 Å². The van der Waals surface area contributed by atoms with Gasteiger partial charge in [0.05, 0.1) is 0 Å². The molecule has 1 unspecified atom stereocenters. The lowest BCUT2D eigenvalue weighted by Crippen LogP contribution is -2.14. The van der Waals surface area contributed by atoms with Crippen LogP contribution in [-0.4, -0.2) is 5.11 Å². The van der Waals surface area contributed by atoms with Crippen molar-refractivity contribution >= 4 is 0 Å². The van der Waals surface area contributed by atoms with Crippen LogP contribution in [0.1, 0.15) is 53.5 Å². The number of hydrogen-bond acceptors (Lipinski definition) is 1. The van der Waals surface area contributed by atoms with Gasteiger partial charge in [0, 0.05) is 5.56 Å². The zero-order valence-electron chi connectivity index (χ0n) is 11.6. The molecule has 0 bridgehead atoms. The Labute approximate surface area is 119 Å². The van der Waals surface area contributed by atoms with E-state index in [0.717, 1.165) is 11.1 Å². The molecule has 3 rings (SSSR count). The van der Waals surface area contributed by atoms with E-state index >= 15 is 0 Å². The summed E-state index contributed by atoms with van der Waals surface area (Å²) in [4.78, 5) is 0. The molecule has 1 fully saturated rings. The maximum atomic E-state index is 14.1. The van der Waals surface area contributed by atoms with E-state index in [1.807, 2.05) is 31.2 Å². The summed E-state index contributed by atoms with van der Waals surface area (Å²) < 4.78 is 14.1. The first-order valence-corrected chi connectivity index (χ1v) is 7.20. The summed E-state index contributed by atoms with van der Waals surface area (Å²) in [5, 5.41) is 10.6. The van der Waals surface area contributed by atoms with Gasteiger partial charge in [-0.15, -0.1) is 0 Å². The molecule has 2 heteroatoms. The molecule has 104 valence electrons. The zero-order valence-corrected chi connectivity index (χ0v) is 11.6. The van der Waals surface area contributed by atoms with Crippen LogP contribution in [0.25, 0.3) is 0 Å². The number of benzene rings is 2. The number of aliphatic hydroxyl groups excluding tert-OH is 1. The Kier molecular flexibility index (Phi) is 3.58. The first-order valence-electron chi connectivity index (χ1n) is 7.20. The molecule has 20 heavy (non-hydrogen) atoms. The molecule has 0 amide bonds. The highest BCUT2D eigenvalue weighted by Crippen LogP contribution is 2.40. The maximum Gasteiger partial charge on any atom is 0.129 e. The molecule has 0 aromatic heterocycles. The second kappa shape index (κ2) is 5.37. The van der Waals surface area contributed by atoms with Gasteiger partial charge < -0.3 is 5.11 Å². The van der Waals surface area contributed by atoms with Gasteiger partial charge in [0.1, 0.15) is 11.9 Å². The predicted octanol–water partition coefficient (Wildman–Crippen LogP) is 4.48. The van der Waals surface area contributed by atoms with Crippen LogP contribution < -0.4 is 0 Å². The minimum atomic E-state index is -0.882. The standard InChI is InChI=1S/C18H19FO/c1-12-9-10-16(17(19)11-12)18(20)15-8-3-2-7-14(15)13-5-4-6-13/h2-3,7-11,13,18,20H,4-6H2,1H3. The fraction of sp³-hybridized carbons (Fsp3) is 0.333. The van der Waals surface area contributed by atoms with Crippen LogP contribution >= 0.6 is 0 Å². The van der Waals surface area contributed by atoms with E-state index in [1.165, 1.54) is 30.9 Å². The van der Waals surface area contributed by atoms with E-state index in [2.05, 4.69) is 6.07 Å². The van der Waals surface area contributed by atoms with Crippen LogP contribution in [0.2, 0.25) is 0 Å². The summed E-state index contributed by atoms with van der Waals surface area (Å²) in [7, 11) is 0. The fourth-order valence-corrected chi connectivity index (χ4v) is 2.87. The number of hydrogen-bond donors (Lipinski definition) is 1. The summed E-state index contributed by atoms with van der Waals surface area (Å²) >= 11 is 0. The summed E-state index contributed by atoms with van der Waals surface area (Å²) in [6, 6.07) is 12.9. The van der Waals surface area contributed by atoms with Crippen molar-refractivity contribution in [1.82, 2.24) is 0 Å². The Morgan fingerprint density at radius 2 is 1.85 bits per heavy atom. The molecule has 1 N–H and O–H groups in total. The average molecular weight is 270 g/mol. The lowest BCUT2D eigenvalue weighted by molar-refractivity contribution is 0.212. The van der Waals surface area contributed by atoms with Gasteiger partial charge in [0.25, 0.3) is 0 Å². The van der Waals surface area contributed by atoms with Crippen molar-refractivity contribution in [2.24, 2.45) is 0 Å². The molecule has 1 nitrogen and oxygen atoms in total. The highest BCUT2D eigenvalue weighted by Gasteiger charge is 2.25.